The molecule has 5 aliphatic carbocycles. The third kappa shape index (κ3) is 7.18. The molecule has 0 bridgehead atoms. The fourth-order valence-electron chi connectivity index (χ4n) is 10.4. The molecule has 234 valence electrons. The number of aliphatic hydroxyl groups is 1. The van der Waals surface area contributed by atoms with E-state index in [-0.39, 0.29) is 12.1 Å². The molecule has 6 rings (SSSR count). The monoisotopic (exact) mass is 572 g/mol. The Morgan fingerprint density at radius 3 is 2.37 bits per heavy atom. The minimum Gasteiger partial charge on any atom is -0.481 e. The number of ether oxygens (including phenoxy) is 1. The van der Waals surface area contributed by atoms with Crippen LogP contribution in [0.25, 0.3) is 0 Å². The fourth-order valence-corrected chi connectivity index (χ4v) is 10.4. The summed E-state index contributed by atoms with van der Waals surface area (Å²) in [5, 5.41) is 24.6. The van der Waals surface area contributed by atoms with E-state index in [2.05, 4.69) is 24.1 Å². The van der Waals surface area contributed by atoms with Crippen LogP contribution in [0.1, 0.15) is 123 Å². The average molecular weight is 573 g/mol. The number of nitrogens with zero attached hydrogens (tertiary/aromatic N) is 1. The Balaban J connectivity index is 0.957. The van der Waals surface area contributed by atoms with Gasteiger partial charge in [-0.3, -0.25) is 15.0 Å². The van der Waals surface area contributed by atoms with Gasteiger partial charge in [0, 0.05) is 25.2 Å². The third-order valence-corrected chi connectivity index (χ3v) is 13.1. The molecule has 6 aliphatic rings. The molecule has 6 fully saturated rings. The first-order valence-corrected chi connectivity index (χ1v) is 17.9. The summed E-state index contributed by atoms with van der Waals surface area (Å²) in [6.07, 6.45) is 21.0. The van der Waals surface area contributed by atoms with Crippen LogP contribution in [0.4, 0.5) is 0 Å². The van der Waals surface area contributed by atoms with E-state index in [0.717, 1.165) is 51.0 Å². The van der Waals surface area contributed by atoms with E-state index in [9.17, 15) is 15.0 Å². The van der Waals surface area contributed by atoms with Crippen molar-refractivity contribution in [1.29, 1.82) is 0 Å². The van der Waals surface area contributed by atoms with Gasteiger partial charge in [-0.15, -0.1) is 0 Å². The molecular weight excluding hydrogens is 512 g/mol. The molecule has 3 N–H and O–H groups in total. The second-order valence-electron chi connectivity index (χ2n) is 15.6. The Hall–Kier alpha value is -0.690. The Morgan fingerprint density at radius 2 is 1.61 bits per heavy atom. The van der Waals surface area contributed by atoms with E-state index in [4.69, 9.17) is 4.74 Å². The first-order valence-electron chi connectivity index (χ1n) is 17.9. The van der Waals surface area contributed by atoms with Crippen molar-refractivity contribution in [3.63, 3.8) is 0 Å². The van der Waals surface area contributed by atoms with Crippen molar-refractivity contribution in [1.82, 2.24) is 10.2 Å². The molecule has 6 heteroatoms. The van der Waals surface area contributed by atoms with Gasteiger partial charge in [-0.2, -0.15) is 0 Å². The summed E-state index contributed by atoms with van der Waals surface area (Å²) in [6.45, 7) is 7.09. The van der Waals surface area contributed by atoms with E-state index < -0.39 is 5.97 Å². The zero-order chi connectivity index (χ0) is 28.5. The van der Waals surface area contributed by atoms with Crippen molar-refractivity contribution in [2.45, 2.75) is 154 Å². The smallest absolute Gasteiger partial charge is 0.306 e. The van der Waals surface area contributed by atoms with Crippen LogP contribution in [0.5, 0.6) is 0 Å². The van der Waals surface area contributed by atoms with Gasteiger partial charge in [0.2, 0.25) is 0 Å². The van der Waals surface area contributed by atoms with E-state index in [0.29, 0.717) is 59.8 Å². The summed E-state index contributed by atoms with van der Waals surface area (Å²) in [4.78, 5) is 14.8. The summed E-state index contributed by atoms with van der Waals surface area (Å²) < 4.78 is 6.22. The van der Waals surface area contributed by atoms with E-state index in [1.54, 1.807) is 0 Å². The van der Waals surface area contributed by atoms with Gasteiger partial charge in [-0.25, -0.2) is 0 Å². The van der Waals surface area contributed by atoms with Gasteiger partial charge in [0.05, 0.1) is 18.1 Å². The van der Waals surface area contributed by atoms with Gasteiger partial charge in [0.1, 0.15) is 6.23 Å². The minimum atomic E-state index is -0.542. The van der Waals surface area contributed by atoms with Crippen LogP contribution in [0.3, 0.4) is 0 Å². The molecule has 0 aromatic heterocycles. The third-order valence-electron chi connectivity index (χ3n) is 13.1. The summed E-state index contributed by atoms with van der Waals surface area (Å²) in [5.74, 6) is 3.58. The number of aliphatic hydroxyl groups excluding tert-OH is 1. The molecular formula is C35H60N2O4. The molecule has 0 spiro atoms. The molecule has 1 heterocycles. The van der Waals surface area contributed by atoms with Crippen molar-refractivity contribution < 1.29 is 19.7 Å². The number of likely N-dealkylation sites (tertiary alicyclic amines) is 1. The average Bonchev–Trinajstić information content (AvgIpc) is 3.78. The van der Waals surface area contributed by atoms with E-state index in [1.807, 2.05) is 0 Å². The molecule has 6 nitrogen and oxygen atoms in total. The number of nitrogens with one attached hydrogen (secondary N) is 1. The SMILES string of the molecule is CC1C2CC(C(O)NCC3CCCC(OC4CC4)C3)CCC2N(CC2CCC(C3CCCCC3C(=O)O)CC2)C1C. The van der Waals surface area contributed by atoms with Crippen molar-refractivity contribution in [2.24, 2.45) is 47.3 Å². The summed E-state index contributed by atoms with van der Waals surface area (Å²) in [5.41, 5.74) is 0. The van der Waals surface area contributed by atoms with Gasteiger partial charge < -0.3 is 14.9 Å². The minimum absolute atomic E-state index is 0.0912. The molecule has 0 radical (unpaired) electrons. The molecule has 0 amide bonds. The van der Waals surface area contributed by atoms with Crippen molar-refractivity contribution >= 4 is 5.97 Å². The van der Waals surface area contributed by atoms with E-state index >= 15 is 0 Å². The number of carboxylic acid groups (broad SMARTS) is 1. The first kappa shape index (κ1) is 30.3. The van der Waals surface area contributed by atoms with Gasteiger partial charge in [-0.05, 0) is 138 Å². The highest BCUT2D eigenvalue weighted by Crippen LogP contribution is 2.48. The number of hydrogen-bond donors (Lipinski definition) is 3. The molecule has 0 aromatic carbocycles. The maximum absolute atomic E-state index is 11.9. The molecule has 5 saturated carbocycles. The Morgan fingerprint density at radius 1 is 0.829 bits per heavy atom. The van der Waals surface area contributed by atoms with Crippen LogP contribution in [0.15, 0.2) is 0 Å². The fraction of sp³-hybridized carbons (Fsp3) is 0.971. The van der Waals surface area contributed by atoms with Gasteiger partial charge in [0.15, 0.2) is 0 Å². The lowest BCUT2D eigenvalue weighted by atomic mass is 9.66. The van der Waals surface area contributed by atoms with E-state index in [1.165, 1.54) is 77.2 Å². The molecule has 0 aromatic rings. The highest BCUT2D eigenvalue weighted by molar-refractivity contribution is 5.70. The largest absolute Gasteiger partial charge is 0.481 e. The van der Waals surface area contributed by atoms with Crippen molar-refractivity contribution in [3.05, 3.63) is 0 Å². The zero-order valence-corrected chi connectivity index (χ0v) is 26.1. The zero-order valence-electron chi connectivity index (χ0n) is 26.1. The Bertz CT molecular complexity index is 857. The van der Waals surface area contributed by atoms with Gasteiger partial charge >= 0.3 is 5.97 Å². The van der Waals surface area contributed by atoms with Gasteiger partial charge in [0.25, 0.3) is 0 Å². The van der Waals surface area contributed by atoms with Crippen LogP contribution >= 0.6 is 0 Å². The lowest BCUT2D eigenvalue weighted by Gasteiger charge is -2.42. The first-order chi connectivity index (χ1) is 19.9. The van der Waals surface area contributed by atoms with Crippen LogP contribution in [-0.4, -0.2) is 64.7 Å². The van der Waals surface area contributed by atoms with Crippen molar-refractivity contribution in [2.75, 3.05) is 13.1 Å². The molecule has 41 heavy (non-hydrogen) atoms. The number of rotatable bonds is 10. The number of aliphatic carboxylic acids is 1. The predicted molar refractivity (Wildman–Crippen MR) is 162 cm³/mol. The molecule has 1 saturated heterocycles. The van der Waals surface area contributed by atoms with Crippen LogP contribution in [-0.2, 0) is 9.53 Å². The predicted octanol–water partition coefficient (Wildman–Crippen LogP) is 6.45. The molecule has 10 atom stereocenters. The highest BCUT2D eigenvalue weighted by Gasteiger charge is 2.49. The Kier molecular flexibility index (Phi) is 10.0. The maximum atomic E-state index is 11.9. The highest BCUT2D eigenvalue weighted by atomic mass is 16.5. The second kappa shape index (κ2) is 13.5. The maximum Gasteiger partial charge on any atom is 0.306 e. The Labute approximate surface area is 249 Å². The number of carboxylic acids is 1. The number of fused-ring (bicyclic) bond motifs is 1. The van der Waals surface area contributed by atoms with Crippen LogP contribution in [0.2, 0.25) is 0 Å². The second-order valence-corrected chi connectivity index (χ2v) is 15.6. The number of hydrogen-bond acceptors (Lipinski definition) is 5. The summed E-state index contributed by atoms with van der Waals surface area (Å²) >= 11 is 0. The van der Waals surface area contributed by atoms with Crippen LogP contribution < -0.4 is 5.32 Å². The lowest BCUT2D eigenvalue weighted by Crippen LogP contribution is -2.46. The van der Waals surface area contributed by atoms with Crippen molar-refractivity contribution in [3.8, 4) is 0 Å². The standard InChI is InChI=1S/C35H60N2O4/c1-22-23(2)37(21-24-10-12-26(13-11-24)30-8-3-4-9-31(30)35(39)40)33-17-14-27(19-32(22)33)34(38)36-20-25-6-5-7-29(18-25)41-28-15-16-28/h22-34,36,38H,3-21H2,1-2H3,(H,39,40). The quantitative estimate of drug-likeness (QED) is 0.261. The molecule has 10 unspecified atom stereocenters. The topological polar surface area (TPSA) is 82.0 Å². The molecule has 1 aliphatic heterocycles. The lowest BCUT2D eigenvalue weighted by molar-refractivity contribution is -0.146. The van der Waals surface area contributed by atoms with Crippen LogP contribution in [0, 0.1) is 47.3 Å². The number of carbonyl (C=O) groups is 1. The summed E-state index contributed by atoms with van der Waals surface area (Å²) in [6, 6.07) is 1.29. The summed E-state index contributed by atoms with van der Waals surface area (Å²) in [7, 11) is 0. The normalized spacial score (nSPS) is 44.8. The van der Waals surface area contributed by atoms with Gasteiger partial charge in [-0.1, -0.05) is 26.2 Å².